The SMILES string of the molecule is COC(=O)C(C)CN(C(=O)CCC1CCCCC1)C(C)C. The summed E-state index contributed by atoms with van der Waals surface area (Å²) >= 11 is 0. The van der Waals surface area contributed by atoms with Crippen LogP contribution in [0.2, 0.25) is 0 Å². The van der Waals surface area contributed by atoms with Crippen molar-refractivity contribution in [3.8, 4) is 0 Å². The Hall–Kier alpha value is -1.06. The first-order valence-corrected chi connectivity index (χ1v) is 8.33. The maximum absolute atomic E-state index is 12.4. The van der Waals surface area contributed by atoms with Gasteiger partial charge in [-0.3, -0.25) is 9.59 Å². The van der Waals surface area contributed by atoms with E-state index in [0.29, 0.717) is 13.0 Å². The number of hydrogen-bond donors (Lipinski definition) is 0. The van der Waals surface area contributed by atoms with Gasteiger partial charge < -0.3 is 9.64 Å². The molecule has 1 atom stereocenters. The van der Waals surface area contributed by atoms with Crippen LogP contribution in [0, 0.1) is 11.8 Å². The number of esters is 1. The van der Waals surface area contributed by atoms with Gasteiger partial charge in [0, 0.05) is 19.0 Å². The lowest BCUT2D eigenvalue weighted by Crippen LogP contribution is -2.41. The zero-order valence-corrected chi connectivity index (χ0v) is 14.1. The van der Waals surface area contributed by atoms with Gasteiger partial charge in [0.15, 0.2) is 0 Å². The number of carbonyl (C=O) groups excluding carboxylic acids is 2. The van der Waals surface area contributed by atoms with Gasteiger partial charge in [-0.15, -0.1) is 0 Å². The fourth-order valence-corrected chi connectivity index (χ4v) is 3.12. The van der Waals surface area contributed by atoms with Crippen molar-refractivity contribution in [3.63, 3.8) is 0 Å². The molecule has 1 aliphatic carbocycles. The lowest BCUT2D eigenvalue weighted by Gasteiger charge is -2.30. The summed E-state index contributed by atoms with van der Waals surface area (Å²) in [4.78, 5) is 25.8. The fourth-order valence-electron chi connectivity index (χ4n) is 3.12. The van der Waals surface area contributed by atoms with Crippen LogP contribution in [0.15, 0.2) is 0 Å². The van der Waals surface area contributed by atoms with Crippen LogP contribution in [0.25, 0.3) is 0 Å². The van der Waals surface area contributed by atoms with Crippen LogP contribution in [0.3, 0.4) is 0 Å². The minimum atomic E-state index is -0.268. The van der Waals surface area contributed by atoms with Crippen molar-refractivity contribution < 1.29 is 14.3 Å². The summed E-state index contributed by atoms with van der Waals surface area (Å²) in [5, 5.41) is 0. The quantitative estimate of drug-likeness (QED) is 0.677. The molecule has 122 valence electrons. The molecule has 21 heavy (non-hydrogen) atoms. The summed E-state index contributed by atoms with van der Waals surface area (Å²) in [5.74, 6) is 0.373. The average Bonchev–Trinajstić information content (AvgIpc) is 2.49. The average molecular weight is 297 g/mol. The molecule has 1 amide bonds. The van der Waals surface area contributed by atoms with Crippen molar-refractivity contribution in [2.24, 2.45) is 11.8 Å². The smallest absolute Gasteiger partial charge is 0.310 e. The Labute approximate surface area is 129 Å². The zero-order valence-electron chi connectivity index (χ0n) is 14.1. The molecule has 4 nitrogen and oxygen atoms in total. The van der Waals surface area contributed by atoms with E-state index in [1.165, 1.54) is 39.2 Å². The number of hydrogen-bond acceptors (Lipinski definition) is 3. The molecule has 0 saturated heterocycles. The zero-order chi connectivity index (χ0) is 15.8. The topological polar surface area (TPSA) is 46.6 Å². The molecule has 0 heterocycles. The molecule has 0 spiro atoms. The van der Waals surface area contributed by atoms with Crippen LogP contribution in [-0.2, 0) is 14.3 Å². The van der Waals surface area contributed by atoms with Crippen LogP contribution < -0.4 is 0 Å². The van der Waals surface area contributed by atoms with E-state index in [2.05, 4.69) is 0 Å². The first kappa shape index (κ1) is 18.0. The molecular weight excluding hydrogens is 266 g/mol. The lowest BCUT2D eigenvalue weighted by atomic mass is 9.86. The highest BCUT2D eigenvalue weighted by Crippen LogP contribution is 2.27. The molecule has 0 bridgehead atoms. The maximum Gasteiger partial charge on any atom is 0.310 e. The second kappa shape index (κ2) is 9.06. The summed E-state index contributed by atoms with van der Waals surface area (Å²) in [7, 11) is 1.39. The van der Waals surface area contributed by atoms with E-state index in [9.17, 15) is 9.59 Å². The Kier molecular flexibility index (Phi) is 7.76. The van der Waals surface area contributed by atoms with E-state index >= 15 is 0 Å². The fraction of sp³-hybridized carbons (Fsp3) is 0.882. The molecule has 4 heteroatoms. The molecule has 0 aliphatic heterocycles. The molecule has 1 rings (SSSR count). The van der Waals surface area contributed by atoms with Gasteiger partial charge in [-0.25, -0.2) is 0 Å². The summed E-state index contributed by atoms with van der Waals surface area (Å²) < 4.78 is 4.75. The summed E-state index contributed by atoms with van der Waals surface area (Å²) in [6.07, 6.45) is 8.11. The molecule has 0 aromatic heterocycles. The largest absolute Gasteiger partial charge is 0.469 e. The molecule has 1 unspecified atom stereocenters. The van der Waals surface area contributed by atoms with Crippen molar-refractivity contribution in [1.82, 2.24) is 4.90 Å². The second-order valence-corrected chi connectivity index (χ2v) is 6.61. The van der Waals surface area contributed by atoms with Gasteiger partial charge in [-0.1, -0.05) is 39.0 Å². The first-order valence-electron chi connectivity index (χ1n) is 8.33. The van der Waals surface area contributed by atoms with Gasteiger partial charge >= 0.3 is 5.97 Å². The normalized spacial score (nSPS) is 17.6. The van der Waals surface area contributed by atoms with Crippen molar-refractivity contribution in [1.29, 1.82) is 0 Å². The second-order valence-electron chi connectivity index (χ2n) is 6.61. The van der Waals surface area contributed by atoms with Gasteiger partial charge in [-0.2, -0.15) is 0 Å². The van der Waals surface area contributed by atoms with E-state index in [-0.39, 0.29) is 23.8 Å². The van der Waals surface area contributed by atoms with E-state index in [4.69, 9.17) is 4.74 Å². The van der Waals surface area contributed by atoms with Crippen LogP contribution in [-0.4, -0.2) is 36.5 Å². The number of carbonyl (C=O) groups is 2. The van der Waals surface area contributed by atoms with Gasteiger partial charge in [0.2, 0.25) is 5.91 Å². The third kappa shape index (κ3) is 6.06. The van der Waals surface area contributed by atoms with Crippen molar-refractivity contribution in [3.05, 3.63) is 0 Å². The van der Waals surface area contributed by atoms with E-state index in [1.807, 2.05) is 25.7 Å². The van der Waals surface area contributed by atoms with Crippen molar-refractivity contribution in [2.75, 3.05) is 13.7 Å². The Morgan fingerprint density at radius 2 is 1.76 bits per heavy atom. The van der Waals surface area contributed by atoms with Gasteiger partial charge in [-0.05, 0) is 26.2 Å². The molecular formula is C17H31NO3. The third-order valence-corrected chi connectivity index (χ3v) is 4.51. The molecule has 0 aromatic rings. The lowest BCUT2D eigenvalue weighted by molar-refractivity contribution is -0.147. The van der Waals surface area contributed by atoms with E-state index in [0.717, 1.165) is 12.3 Å². The summed E-state index contributed by atoms with van der Waals surface area (Å²) in [6.45, 7) is 6.27. The van der Waals surface area contributed by atoms with Gasteiger partial charge in [0.1, 0.15) is 0 Å². The van der Waals surface area contributed by atoms with E-state index in [1.54, 1.807) is 0 Å². The number of amides is 1. The van der Waals surface area contributed by atoms with Crippen LogP contribution in [0.1, 0.15) is 65.7 Å². The third-order valence-electron chi connectivity index (χ3n) is 4.51. The molecule has 0 N–H and O–H groups in total. The molecule has 1 aliphatic rings. The number of rotatable bonds is 7. The highest BCUT2D eigenvalue weighted by atomic mass is 16.5. The van der Waals surface area contributed by atoms with E-state index < -0.39 is 0 Å². The number of ether oxygens (including phenoxy) is 1. The van der Waals surface area contributed by atoms with Crippen LogP contribution in [0.5, 0.6) is 0 Å². The molecule has 0 aromatic carbocycles. The minimum Gasteiger partial charge on any atom is -0.469 e. The molecule has 1 fully saturated rings. The summed E-state index contributed by atoms with van der Waals surface area (Å²) in [5.41, 5.74) is 0. The van der Waals surface area contributed by atoms with Crippen molar-refractivity contribution >= 4 is 11.9 Å². The Morgan fingerprint density at radius 1 is 1.14 bits per heavy atom. The van der Waals surface area contributed by atoms with Crippen LogP contribution >= 0.6 is 0 Å². The highest BCUT2D eigenvalue weighted by molar-refractivity contribution is 5.78. The summed E-state index contributed by atoms with van der Waals surface area (Å²) in [6, 6.07) is 0.121. The van der Waals surface area contributed by atoms with Crippen LogP contribution in [0.4, 0.5) is 0 Å². The first-order chi connectivity index (χ1) is 9.95. The Bertz CT molecular complexity index is 335. The van der Waals surface area contributed by atoms with Gasteiger partial charge in [0.25, 0.3) is 0 Å². The van der Waals surface area contributed by atoms with Gasteiger partial charge in [0.05, 0.1) is 13.0 Å². The maximum atomic E-state index is 12.4. The predicted octanol–water partition coefficient (Wildman–Crippen LogP) is 3.39. The Morgan fingerprint density at radius 3 is 2.29 bits per heavy atom. The number of methoxy groups -OCH3 is 1. The standard InChI is InChI=1S/C17H31NO3/c1-13(2)18(12-14(3)17(20)21-4)16(19)11-10-15-8-6-5-7-9-15/h13-15H,5-12H2,1-4H3. The monoisotopic (exact) mass is 297 g/mol. The van der Waals surface area contributed by atoms with Crippen molar-refractivity contribution in [2.45, 2.75) is 71.8 Å². The predicted molar refractivity (Wildman–Crippen MR) is 83.8 cm³/mol. The number of nitrogens with zero attached hydrogens (tertiary/aromatic N) is 1. The Balaban J connectivity index is 2.46. The minimum absolute atomic E-state index is 0.121. The molecule has 1 saturated carbocycles. The molecule has 0 radical (unpaired) electrons. The highest BCUT2D eigenvalue weighted by Gasteiger charge is 2.24.